The molecule has 1 heterocycles. The smallest absolute Gasteiger partial charge is 0.294 e. The van der Waals surface area contributed by atoms with Crippen molar-refractivity contribution in [1.82, 2.24) is 0 Å². The molecule has 102 valence electrons. The maximum absolute atomic E-state index is 11.3. The lowest BCUT2D eigenvalue weighted by Gasteiger charge is -2.18. The number of nitrogens with two attached hydrogens (primary N) is 1. The van der Waals surface area contributed by atoms with Crippen molar-refractivity contribution in [2.75, 3.05) is 17.2 Å². The van der Waals surface area contributed by atoms with Crippen LogP contribution in [0.2, 0.25) is 0 Å². The summed E-state index contributed by atoms with van der Waals surface area (Å²) in [6.45, 7) is 2.27. The van der Waals surface area contributed by atoms with Crippen molar-refractivity contribution < 1.29 is 9.72 Å². The van der Waals surface area contributed by atoms with Crippen LogP contribution in [0.3, 0.4) is 0 Å². The Kier molecular flexibility index (Phi) is 3.66. The van der Waals surface area contributed by atoms with E-state index in [-0.39, 0.29) is 17.6 Å². The molecule has 0 aromatic heterocycles. The van der Waals surface area contributed by atoms with Crippen LogP contribution in [-0.4, -0.2) is 23.4 Å². The summed E-state index contributed by atoms with van der Waals surface area (Å²) in [4.78, 5) is 21.9. The van der Waals surface area contributed by atoms with Gasteiger partial charge >= 0.3 is 0 Å². The molecule has 1 amide bonds. The number of aryl methyl sites for hydroxylation is 1. The molecular formula is C12H16N4O3. The van der Waals surface area contributed by atoms with Gasteiger partial charge in [-0.1, -0.05) is 0 Å². The molecule has 0 saturated heterocycles. The molecule has 0 fully saturated rings. The molecule has 1 aliphatic rings. The van der Waals surface area contributed by atoms with Crippen LogP contribution in [0, 0.1) is 10.1 Å². The second-order valence-corrected chi connectivity index (χ2v) is 4.69. The number of nitro benzene ring substituents is 1. The fourth-order valence-electron chi connectivity index (χ4n) is 1.98. The lowest BCUT2D eigenvalue weighted by atomic mass is 10.0. The molecule has 7 nitrogen and oxygen atoms in total. The van der Waals surface area contributed by atoms with E-state index >= 15 is 0 Å². The van der Waals surface area contributed by atoms with Crippen LogP contribution in [0.1, 0.15) is 18.9 Å². The maximum atomic E-state index is 11.3. The Balaban J connectivity index is 2.36. The number of carbonyl (C=O) groups excluding carboxylic acids is 1. The molecule has 0 spiro atoms. The van der Waals surface area contributed by atoms with Crippen molar-refractivity contribution in [3.05, 3.63) is 27.8 Å². The van der Waals surface area contributed by atoms with Gasteiger partial charge in [-0.05, 0) is 25.0 Å². The minimum Gasteiger partial charge on any atom is -0.378 e. The Morgan fingerprint density at radius 3 is 2.89 bits per heavy atom. The molecule has 0 bridgehead atoms. The van der Waals surface area contributed by atoms with Gasteiger partial charge in [0.1, 0.15) is 5.69 Å². The van der Waals surface area contributed by atoms with Crippen molar-refractivity contribution in [1.29, 1.82) is 0 Å². The van der Waals surface area contributed by atoms with Crippen LogP contribution < -0.4 is 16.4 Å². The monoisotopic (exact) mass is 264 g/mol. The number of hydrogen-bond acceptors (Lipinski definition) is 5. The van der Waals surface area contributed by atoms with Gasteiger partial charge in [0.25, 0.3) is 5.69 Å². The average Bonchev–Trinajstić information content (AvgIpc) is 2.35. The van der Waals surface area contributed by atoms with Gasteiger partial charge in [0.05, 0.1) is 10.6 Å². The van der Waals surface area contributed by atoms with Gasteiger partial charge in [-0.2, -0.15) is 0 Å². The second-order valence-electron chi connectivity index (χ2n) is 4.69. The molecule has 1 aliphatic heterocycles. The van der Waals surface area contributed by atoms with Crippen LogP contribution in [0.4, 0.5) is 17.1 Å². The number of benzene rings is 1. The molecule has 1 aromatic rings. The zero-order valence-corrected chi connectivity index (χ0v) is 10.6. The van der Waals surface area contributed by atoms with E-state index in [4.69, 9.17) is 5.73 Å². The van der Waals surface area contributed by atoms with Gasteiger partial charge in [0, 0.05) is 25.1 Å². The van der Waals surface area contributed by atoms with E-state index in [1.54, 1.807) is 6.07 Å². The summed E-state index contributed by atoms with van der Waals surface area (Å²) in [5, 5.41) is 16.7. The normalized spacial score (nSPS) is 15.4. The van der Waals surface area contributed by atoms with Crippen LogP contribution in [-0.2, 0) is 11.2 Å². The van der Waals surface area contributed by atoms with Crippen LogP contribution in [0.15, 0.2) is 12.1 Å². The molecule has 2 rings (SSSR count). The SMILES string of the molecule is CC(N)CNc1cc2c(cc1[N+](=O)[O-])NC(=O)CC2. The lowest BCUT2D eigenvalue weighted by molar-refractivity contribution is -0.383. The molecule has 0 radical (unpaired) electrons. The first-order chi connectivity index (χ1) is 8.97. The fourth-order valence-corrected chi connectivity index (χ4v) is 1.98. The van der Waals surface area contributed by atoms with Crippen molar-refractivity contribution >= 4 is 23.0 Å². The highest BCUT2D eigenvalue weighted by molar-refractivity contribution is 5.95. The predicted molar refractivity (Wildman–Crippen MR) is 72.2 cm³/mol. The summed E-state index contributed by atoms with van der Waals surface area (Å²) >= 11 is 0. The first kappa shape index (κ1) is 13.3. The first-order valence-electron chi connectivity index (χ1n) is 6.08. The number of amides is 1. The molecule has 0 saturated carbocycles. The van der Waals surface area contributed by atoms with Gasteiger partial charge in [-0.25, -0.2) is 0 Å². The van der Waals surface area contributed by atoms with Crippen LogP contribution in [0.25, 0.3) is 0 Å². The van der Waals surface area contributed by atoms with Gasteiger partial charge in [0.2, 0.25) is 5.91 Å². The number of rotatable bonds is 4. The highest BCUT2D eigenvalue weighted by Gasteiger charge is 2.22. The Morgan fingerprint density at radius 1 is 1.53 bits per heavy atom. The zero-order chi connectivity index (χ0) is 14.0. The van der Waals surface area contributed by atoms with E-state index in [1.165, 1.54) is 6.07 Å². The molecule has 19 heavy (non-hydrogen) atoms. The van der Waals surface area contributed by atoms with Crippen LogP contribution in [0.5, 0.6) is 0 Å². The Labute approximate surface area is 110 Å². The average molecular weight is 264 g/mol. The summed E-state index contributed by atoms with van der Waals surface area (Å²) < 4.78 is 0. The van der Waals surface area contributed by atoms with Crippen molar-refractivity contribution in [3.63, 3.8) is 0 Å². The third-order valence-electron chi connectivity index (χ3n) is 2.93. The summed E-state index contributed by atoms with van der Waals surface area (Å²) in [6.07, 6.45) is 0.990. The van der Waals surface area contributed by atoms with Crippen molar-refractivity contribution in [3.8, 4) is 0 Å². The third-order valence-corrected chi connectivity index (χ3v) is 2.93. The van der Waals surface area contributed by atoms with E-state index in [0.29, 0.717) is 30.8 Å². The van der Waals surface area contributed by atoms with E-state index in [0.717, 1.165) is 5.56 Å². The van der Waals surface area contributed by atoms with Gasteiger partial charge < -0.3 is 16.4 Å². The number of carbonyl (C=O) groups is 1. The fraction of sp³-hybridized carbons (Fsp3) is 0.417. The molecule has 1 aromatic carbocycles. The summed E-state index contributed by atoms with van der Waals surface area (Å²) in [6, 6.07) is 3.01. The first-order valence-corrected chi connectivity index (χ1v) is 6.08. The van der Waals surface area contributed by atoms with E-state index < -0.39 is 4.92 Å². The molecule has 7 heteroatoms. The Hall–Kier alpha value is -2.15. The second kappa shape index (κ2) is 5.23. The van der Waals surface area contributed by atoms with E-state index in [9.17, 15) is 14.9 Å². The van der Waals surface area contributed by atoms with Gasteiger partial charge in [-0.3, -0.25) is 14.9 Å². The van der Waals surface area contributed by atoms with Crippen molar-refractivity contribution in [2.24, 2.45) is 5.73 Å². The number of hydrogen-bond donors (Lipinski definition) is 3. The topological polar surface area (TPSA) is 110 Å². The molecular weight excluding hydrogens is 248 g/mol. The summed E-state index contributed by atoms with van der Waals surface area (Å²) in [7, 11) is 0. The van der Waals surface area contributed by atoms with Crippen molar-refractivity contribution in [2.45, 2.75) is 25.8 Å². The maximum Gasteiger partial charge on any atom is 0.294 e. The third kappa shape index (κ3) is 3.00. The van der Waals surface area contributed by atoms with Crippen LogP contribution >= 0.6 is 0 Å². The number of nitro groups is 1. The predicted octanol–water partition coefficient (Wildman–Crippen LogP) is 1.24. The Morgan fingerprint density at radius 2 is 2.26 bits per heavy atom. The molecule has 0 aliphatic carbocycles. The highest BCUT2D eigenvalue weighted by atomic mass is 16.6. The number of fused-ring (bicyclic) bond motifs is 1. The van der Waals surface area contributed by atoms with Gasteiger partial charge in [-0.15, -0.1) is 0 Å². The summed E-state index contributed by atoms with van der Waals surface area (Å²) in [5.74, 6) is -0.113. The molecule has 1 unspecified atom stereocenters. The standard InChI is InChI=1S/C12H16N4O3/c1-7(13)6-14-10-4-8-2-3-12(17)15-9(8)5-11(10)16(18)19/h4-5,7,14H,2-3,6,13H2,1H3,(H,15,17). The molecule has 4 N–H and O–H groups in total. The quantitative estimate of drug-likeness (QED) is 0.559. The Bertz CT molecular complexity index is 528. The zero-order valence-electron chi connectivity index (χ0n) is 10.6. The van der Waals surface area contributed by atoms with E-state index in [2.05, 4.69) is 10.6 Å². The number of nitrogens with zero attached hydrogens (tertiary/aromatic N) is 1. The highest BCUT2D eigenvalue weighted by Crippen LogP contribution is 2.34. The number of anilines is 2. The largest absolute Gasteiger partial charge is 0.378 e. The minimum absolute atomic E-state index is 0.0541. The minimum atomic E-state index is -0.468. The molecule has 1 atom stereocenters. The number of nitrogens with one attached hydrogen (secondary N) is 2. The lowest BCUT2D eigenvalue weighted by Crippen LogP contribution is -2.26. The van der Waals surface area contributed by atoms with E-state index in [1.807, 2.05) is 6.92 Å². The van der Waals surface area contributed by atoms with Gasteiger partial charge in [0.15, 0.2) is 0 Å². The summed E-state index contributed by atoms with van der Waals surface area (Å²) in [5.41, 5.74) is 7.44.